The fourth-order valence-corrected chi connectivity index (χ4v) is 4.84. The number of nitrogens with one attached hydrogen (secondary N) is 1. The van der Waals surface area contributed by atoms with Crippen LogP contribution in [0.15, 0.2) is 36.5 Å². The molecule has 1 N–H and O–H groups in total. The first-order valence-electron chi connectivity index (χ1n) is 8.22. The van der Waals surface area contributed by atoms with Gasteiger partial charge in [0.2, 0.25) is 0 Å². The van der Waals surface area contributed by atoms with Crippen molar-refractivity contribution < 1.29 is 30.1 Å². The second kappa shape index (κ2) is 9.21. The zero-order chi connectivity index (χ0) is 18.7. The summed E-state index contributed by atoms with van der Waals surface area (Å²) in [4.78, 5) is 7.51. The van der Waals surface area contributed by atoms with E-state index in [1.807, 2.05) is 40.6 Å². The quantitative estimate of drug-likeness (QED) is 0.368. The molecule has 9 heteroatoms. The maximum Gasteiger partial charge on any atom is 0.416 e. The Bertz CT molecular complexity index is 912. The summed E-state index contributed by atoms with van der Waals surface area (Å²) < 4.78 is 40.7. The van der Waals surface area contributed by atoms with Gasteiger partial charge in [0, 0.05) is 5.75 Å². The molecule has 1 aromatic carbocycles. The number of aromatic amines is 1. The van der Waals surface area contributed by atoms with E-state index in [0.717, 1.165) is 41.3 Å². The van der Waals surface area contributed by atoms with Crippen molar-refractivity contribution in [1.29, 1.82) is 0 Å². The molecule has 2 aromatic heterocycles. The molecule has 0 aliphatic heterocycles. The van der Waals surface area contributed by atoms with Gasteiger partial charge in [-0.05, 0) is 43.2 Å². The summed E-state index contributed by atoms with van der Waals surface area (Å²) in [5.41, 5.74) is 2.41. The third kappa shape index (κ3) is 5.12. The van der Waals surface area contributed by atoms with Crippen LogP contribution in [0.4, 0.5) is 13.2 Å². The van der Waals surface area contributed by atoms with Gasteiger partial charge in [-0.2, -0.15) is 13.2 Å². The van der Waals surface area contributed by atoms with E-state index in [4.69, 9.17) is 0 Å². The summed E-state index contributed by atoms with van der Waals surface area (Å²) in [5.74, 6) is 2.41. The number of benzene rings is 1. The standard InChI is InChI=1S/C18H19F3N3S2.ClH/c1-3-9-25-26-11-16-12(2)5-4-8-24(16)17-22-14-7-6-13(18(19,20)21)10-15(14)23-17;/h4-8,10H,3,9,11H2,1-2H3,(H,22,23);1H/q+1;/p-1. The van der Waals surface area contributed by atoms with Crippen LogP contribution in [-0.4, -0.2) is 15.7 Å². The number of hydrogen-bond acceptors (Lipinski definition) is 3. The van der Waals surface area contributed by atoms with E-state index < -0.39 is 11.7 Å². The number of imidazole rings is 1. The maximum absolute atomic E-state index is 12.9. The van der Waals surface area contributed by atoms with Crippen LogP contribution >= 0.6 is 21.6 Å². The molecule has 27 heavy (non-hydrogen) atoms. The molecule has 0 atom stereocenters. The minimum atomic E-state index is -4.37. The highest BCUT2D eigenvalue weighted by Gasteiger charge is 2.31. The maximum atomic E-state index is 12.9. The summed E-state index contributed by atoms with van der Waals surface area (Å²) in [6.45, 7) is 4.17. The lowest BCUT2D eigenvalue weighted by atomic mass is 10.2. The third-order valence-corrected chi connectivity index (χ3v) is 6.41. The van der Waals surface area contributed by atoms with Crippen LogP contribution in [0.2, 0.25) is 0 Å². The Morgan fingerprint density at radius 2 is 1.96 bits per heavy atom. The summed E-state index contributed by atoms with van der Waals surface area (Å²) in [5, 5.41) is 0. The lowest BCUT2D eigenvalue weighted by molar-refractivity contribution is -0.610. The van der Waals surface area contributed by atoms with Gasteiger partial charge in [0.15, 0.2) is 5.52 Å². The molecule has 0 aliphatic carbocycles. The predicted octanol–water partition coefficient (Wildman–Crippen LogP) is 2.46. The number of aryl methyl sites for hydroxylation is 1. The smallest absolute Gasteiger partial charge is 0.416 e. The van der Waals surface area contributed by atoms with Gasteiger partial charge in [-0.1, -0.05) is 39.6 Å². The fourth-order valence-electron chi connectivity index (χ4n) is 2.56. The molecule has 2 heterocycles. The predicted molar refractivity (Wildman–Crippen MR) is 101 cm³/mol. The first kappa shape index (κ1) is 21.9. The molecule has 0 aliphatic rings. The molecule has 0 fully saturated rings. The SMILES string of the molecule is CCCSSCc1c(C)ccc[n+]1-c1nc2ccc(C(F)(F)F)cc2[nH]1.[Cl-]. The average Bonchev–Trinajstić information content (AvgIpc) is 3.02. The number of nitrogens with zero attached hydrogens (tertiary/aromatic N) is 2. The van der Waals surface area contributed by atoms with Crippen LogP contribution in [0.1, 0.15) is 30.2 Å². The normalized spacial score (nSPS) is 11.6. The zero-order valence-electron chi connectivity index (χ0n) is 14.8. The Morgan fingerprint density at radius 3 is 2.67 bits per heavy atom. The van der Waals surface area contributed by atoms with Crippen LogP contribution < -0.4 is 17.0 Å². The molecule has 146 valence electrons. The monoisotopic (exact) mass is 433 g/mol. The van der Waals surface area contributed by atoms with Gasteiger partial charge >= 0.3 is 12.1 Å². The van der Waals surface area contributed by atoms with Crippen LogP contribution in [0.5, 0.6) is 0 Å². The largest absolute Gasteiger partial charge is 1.00 e. The van der Waals surface area contributed by atoms with Crippen LogP contribution in [0.3, 0.4) is 0 Å². The highest BCUT2D eigenvalue weighted by atomic mass is 35.5. The van der Waals surface area contributed by atoms with E-state index in [2.05, 4.69) is 16.9 Å². The van der Waals surface area contributed by atoms with E-state index in [-0.39, 0.29) is 12.4 Å². The third-order valence-electron chi connectivity index (χ3n) is 3.92. The second-order valence-electron chi connectivity index (χ2n) is 5.88. The number of pyridine rings is 1. The Hall–Kier alpha value is -1.38. The topological polar surface area (TPSA) is 32.6 Å². The van der Waals surface area contributed by atoms with Crippen molar-refractivity contribution in [3.63, 3.8) is 0 Å². The minimum absolute atomic E-state index is 0. The molecule has 0 bridgehead atoms. The number of aromatic nitrogens is 3. The number of H-pyrrole nitrogens is 1. The highest BCUT2D eigenvalue weighted by Crippen LogP contribution is 2.31. The molecule has 0 spiro atoms. The molecule has 0 saturated carbocycles. The molecule has 0 radical (unpaired) electrons. The molecular weight excluding hydrogens is 415 g/mol. The van der Waals surface area contributed by atoms with E-state index in [0.29, 0.717) is 17.0 Å². The number of alkyl halides is 3. The minimum Gasteiger partial charge on any atom is -1.00 e. The van der Waals surface area contributed by atoms with E-state index >= 15 is 0 Å². The number of halogens is 4. The van der Waals surface area contributed by atoms with Gasteiger partial charge in [-0.3, -0.25) is 0 Å². The summed E-state index contributed by atoms with van der Waals surface area (Å²) in [7, 11) is 3.59. The molecule has 0 amide bonds. The lowest BCUT2D eigenvalue weighted by Crippen LogP contribution is -3.00. The molecule has 0 saturated heterocycles. The Morgan fingerprint density at radius 1 is 1.19 bits per heavy atom. The Balaban J connectivity index is 0.00000261. The fraction of sp³-hybridized carbons (Fsp3) is 0.333. The van der Waals surface area contributed by atoms with Crippen molar-refractivity contribution in [1.82, 2.24) is 9.97 Å². The van der Waals surface area contributed by atoms with Crippen LogP contribution in [0.25, 0.3) is 17.0 Å². The highest BCUT2D eigenvalue weighted by molar-refractivity contribution is 8.76. The van der Waals surface area contributed by atoms with Crippen molar-refractivity contribution in [2.45, 2.75) is 32.2 Å². The van der Waals surface area contributed by atoms with E-state index in [1.54, 1.807) is 10.8 Å². The Labute approximate surface area is 170 Å². The molecular formula is C18H19ClF3N3S2. The van der Waals surface area contributed by atoms with Crippen molar-refractivity contribution in [2.24, 2.45) is 0 Å². The first-order valence-corrected chi connectivity index (χ1v) is 10.7. The van der Waals surface area contributed by atoms with Crippen molar-refractivity contribution in [3.05, 3.63) is 53.3 Å². The molecule has 3 rings (SSSR count). The van der Waals surface area contributed by atoms with Crippen LogP contribution in [0, 0.1) is 6.92 Å². The van der Waals surface area contributed by atoms with Gasteiger partial charge in [-0.15, -0.1) is 0 Å². The van der Waals surface area contributed by atoms with Gasteiger partial charge in [0.25, 0.3) is 0 Å². The van der Waals surface area contributed by atoms with Crippen molar-refractivity contribution in [3.8, 4) is 5.95 Å². The van der Waals surface area contributed by atoms with Crippen molar-refractivity contribution in [2.75, 3.05) is 5.75 Å². The molecule has 3 nitrogen and oxygen atoms in total. The van der Waals surface area contributed by atoms with Gasteiger partial charge in [-0.25, -0.2) is 9.55 Å². The average molecular weight is 434 g/mol. The number of rotatable bonds is 6. The van der Waals surface area contributed by atoms with E-state index in [9.17, 15) is 13.2 Å². The van der Waals surface area contributed by atoms with Gasteiger partial charge in [0.05, 0.1) is 23.2 Å². The summed E-state index contributed by atoms with van der Waals surface area (Å²) >= 11 is 0. The van der Waals surface area contributed by atoms with Crippen molar-refractivity contribution >= 4 is 32.6 Å². The summed E-state index contributed by atoms with van der Waals surface area (Å²) in [6.07, 6.45) is -1.36. The summed E-state index contributed by atoms with van der Waals surface area (Å²) in [6, 6.07) is 7.51. The van der Waals surface area contributed by atoms with Gasteiger partial charge in [0.1, 0.15) is 5.52 Å². The zero-order valence-corrected chi connectivity index (χ0v) is 17.2. The Kier molecular flexibility index (Phi) is 7.47. The molecule has 3 aromatic rings. The van der Waals surface area contributed by atoms with Gasteiger partial charge < -0.3 is 12.4 Å². The number of fused-ring (bicyclic) bond motifs is 1. The lowest BCUT2D eigenvalue weighted by Gasteiger charge is -2.08. The second-order valence-corrected chi connectivity index (χ2v) is 8.46. The first-order chi connectivity index (χ1) is 12.4. The number of hydrogen-bond donors (Lipinski definition) is 1. The molecule has 0 unspecified atom stereocenters. The van der Waals surface area contributed by atoms with Crippen LogP contribution in [-0.2, 0) is 11.9 Å². The van der Waals surface area contributed by atoms with E-state index in [1.165, 1.54) is 6.07 Å².